The first-order valence-electron chi connectivity index (χ1n) is 7.44. The van der Waals surface area contributed by atoms with Crippen LogP contribution in [0.1, 0.15) is 38.5 Å². The number of nitrogens with one attached hydrogen (secondary N) is 1. The lowest BCUT2D eigenvalue weighted by molar-refractivity contribution is 0.234. The van der Waals surface area contributed by atoms with Crippen molar-refractivity contribution in [3.63, 3.8) is 0 Å². The van der Waals surface area contributed by atoms with E-state index in [1.807, 2.05) is 18.2 Å². The van der Waals surface area contributed by atoms with Crippen molar-refractivity contribution in [3.8, 4) is 5.75 Å². The molecule has 1 aromatic heterocycles. The van der Waals surface area contributed by atoms with Gasteiger partial charge in [-0.1, -0.05) is 19.4 Å². The highest BCUT2D eigenvalue weighted by molar-refractivity contribution is 5.79. The van der Waals surface area contributed by atoms with E-state index in [1.54, 1.807) is 7.11 Å². The van der Waals surface area contributed by atoms with Crippen molar-refractivity contribution >= 4 is 11.1 Å². The van der Waals surface area contributed by atoms with Crippen molar-refractivity contribution in [1.29, 1.82) is 0 Å². The van der Waals surface area contributed by atoms with E-state index in [0.717, 1.165) is 61.5 Å². The molecule has 0 spiro atoms. The Labute approximate surface area is 119 Å². The third-order valence-corrected chi connectivity index (χ3v) is 4.34. The van der Waals surface area contributed by atoms with Crippen LogP contribution < -0.4 is 10.1 Å². The van der Waals surface area contributed by atoms with E-state index in [9.17, 15) is 0 Å². The lowest BCUT2D eigenvalue weighted by Crippen LogP contribution is -2.40. The van der Waals surface area contributed by atoms with E-state index in [2.05, 4.69) is 12.2 Å². The normalized spacial score (nSPS) is 18.3. The maximum Gasteiger partial charge on any atom is 0.201 e. The molecule has 4 heteroatoms. The van der Waals surface area contributed by atoms with Crippen molar-refractivity contribution in [2.75, 3.05) is 20.2 Å². The topological polar surface area (TPSA) is 47.3 Å². The standard InChI is InChI=1S/C16H22N2O2/c1-3-7-16(8-10-17-11-9-16)15-18-14-12(19-2)5-4-6-13(14)20-15/h4-6,17H,3,7-11H2,1-2H3. The lowest BCUT2D eigenvalue weighted by Gasteiger charge is -2.34. The smallest absolute Gasteiger partial charge is 0.201 e. The van der Waals surface area contributed by atoms with Crippen LogP contribution in [0.4, 0.5) is 0 Å². The third kappa shape index (κ3) is 2.18. The molecule has 3 rings (SSSR count). The van der Waals surface area contributed by atoms with Gasteiger partial charge in [-0.25, -0.2) is 4.98 Å². The number of piperidine rings is 1. The Hall–Kier alpha value is -1.55. The Morgan fingerprint density at radius 1 is 1.35 bits per heavy atom. The molecular weight excluding hydrogens is 252 g/mol. The second kappa shape index (κ2) is 5.44. The first kappa shape index (κ1) is 13.4. The number of methoxy groups -OCH3 is 1. The molecule has 2 aromatic rings. The molecule has 1 aromatic carbocycles. The third-order valence-electron chi connectivity index (χ3n) is 4.34. The summed E-state index contributed by atoms with van der Waals surface area (Å²) in [5, 5.41) is 3.43. The van der Waals surface area contributed by atoms with Crippen molar-refractivity contribution in [2.45, 2.75) is 38.0 Å². The van der Waals surface area contributed by atoms with Gasteiger partial charge in [-0.3, -0.25) is 0 Å². The van der Waals surface area contributed by atoms with Crippen LogP contribution in [0.3, 0.4) is 0 Å². The van der Waals surface area contributed by atoms with Crippen LogP contribution >= 0.6 is 0 Å². The number of benzene rings is 1. The molecule has 4 nitrogen and oxygen atoms in total. The molecule has 0 unspecified atom stereocenters. The summed E-state index contributed by atoms with van der Waals surface area (Å²) in [6.45, 7) is 4.30. The minimum absolute atomic E-state index is 0.0873. The summed E-state index contributed by atoms with van der Waals surface area (Å²) in [6.07, 6.45) is 4.46. The predicted octanol–water partition coefficient (Wildman–Crippen LogP) is 3.26. The van der Waals surface area contributed by atoms with Gasteiger partial charge in [0, 0.05) is 5.41 Å². The number of nitrogens with zero attached hydrogens (tertiary/aromatic N) is 1. The highest BCUT2D eigenvalue weighted by Crippen LogP contribution is 2.39. The molecule has 1 fully saturated rings. The van der Waals surface area contributed by atoms with Crippen LogP contribution in [-0.4, -0.2) is 25.2 Å². The van der Waals surface area contributed by atoms with Gasteiger partial charge < -0.3 is 14.5 Å². The first-order valence-corrected chi connectivity index (χ1v) is 7.44. The highest BCUT2D eigenvalue weighted by Gasteiger charge is 2.37. The molecule has 20 heavy (non-hydrogen) atoms. The number of para-hydroxylation sites is 1. The van der Waals surface area contributed by atoms with Crippen LogP contribution in [0.2, 0.25) is 0 Å². The second-order valence-electron chi connectivity index (χ2n) is 5.61. The Morgan fingerprint density at radius 3 is 2.85 bits per heavy atom. The zero-order chi connectivity index (χ0) is 14.0. The summed E-state index contributed by atoms with van der Waals surface area (Å²) in [5.74, 6) is 1.68. The number of fused-ring (bicyclic) bond motifs is 1. The fraction of sp³-hybridized carbons (Fsp3) is 0.562. The fourth-order valence-corrected chi connectivity index (χ4v) is 3.27. The predicted molar refractivity (Wildman–Crippen MR) is 79.3 cm³/mol. The van der Waals surface area contributed by atoms with Crippen molar-refractivity contribution < 1.29 is 9.15 Å². The number of oxazole rings is 1. The van der Waals surface area contributed by atoms with Gasteiger partial charge in [-0.15, -0.1) is 0 Å². The molecule has 108 valence electrons. The molecule has 0 amide bonds. The van der Waals surface area contributed by atoms with Gasteiger partial charge in [0.05, 0.1) is 7.11 Å². The van der Waals surface area contributed by atoms with Crippen molar-refractivity contribution in [3.05, 3.63) is 24.1 Å². The average molecular weight is 274 g/mol. The van der Waals surface area contributed by atoms with Crippen LogP contribution in [0.15, 0.2) is 22.6 Å². The van der Waals surface area contributed by atoms with Gasteiger partial charge in [0.1, 0.15) is 5.75 Å². The Bertz CT molecular complexity index is 580. The molecule has 0 bridgehead atoms. The monoisotopic (exact) mass is 274 g/mol. The summed E-state index contributed by atoms with van der Waals surface area (Å²) in [6, 6.07) is 5.85. The highest BCUT2D eigenvalue weighted by atomic mass is 16.5. The van der Waals surface area contributed by atoms with Gasteiger partial charge in [-0.2, -0.15) is 0 Å². The quantitative estimate of drug-likeness (QED) is 0.929. The molecule has 2 heterocycles. The summed E-state index contributed by atoms with van der Waals surface area (Å²) in [4.78, 5) is 4.78. The largest absolute Gasteiger partial charge is 0.494 e. The zero-order valence-corrected chi connectivity index (χ0v) is 12.2. The lowest BCUT2D eigenvalue weighted by atomic mass is 9.75. The van der Waals surface area contributed by atoms with Crippen molar-refractivity contribution in [1.82, 2.24) is 10.3 Å². The number of hydrogen-bond donors (Lipinski definition) is 1. The minimum atomic E-state index is 0.0873. The fourth-order valence-electron chi connectivity index (χ4n) is 3.27. The minimum Gasteiger partial charge on any atom is -0.494 e. The number of aromatic nitrogens is 1. The first-order chi connectivity index (χ1) is 9.79. The van der Waals surface area contributed by atoms with E-state index in [0.29, 0.717) is 0 Å². The molecule has 1 aliphatic rings. The molecule has 1 saturated heterocycles. The molecule has 1 aliphatic heterocycles. The summed E-state index contributed by atoms with van der Waals surface area (Å²) in [5.41, 5.74) is 1.76. The van der Waals surface area contributed by atoms with Gasteiger partial charge in [0.2, 0.25) is 5.89 Å². The van der Waals surface area contributed by atoms with Gasteiger partial charge in [0.25, 0.3) is 0 Å². The Kier molecular flexibility index (Phi) is 3.66. The van der Waals surface area contributed by atoms with E-state index >= 15 is 0 Å². The molecule has 0 aliphatic carbocycles. The summed E-state index contributed by atoms with van der Waals surface area (Å²) in [7, 11) is 1.68. The number of ether oxygens (including phenoxy) is 1. The Morgan fingerprint density at radius 2 is 2.15 bits per heavy atom. The molecule has 0 saturated carbocycles. The summed E-state index contributed by atoms with van der Waals surface area (Å²) >= 11 is 0. The molecule has 1 N–H and O–H groups in total. The van der Waals surface area contributed by atoms with Crippen LogP contribution in [-0.2, 0) is 5.41 Å². The van der Waals surface area contributed by atoms with Gasteiger partial charge >= 0.3 is 0 Å². The van der Waals surface area contributed by atoms with Crippen LogP contribution in [0, 0.1) is 0 Å². The van der Waals surface area contributed by atoms with Gasteiger partial charge in [-0.05, 0) is 44.5 Å². The number of hydrogen-bond acceptors (Lipinski definition) is 4. The average Bonchev–Trinajstić information content (AvgIpc) is 2.93. The molecule has 0 radical (unpaired) electrons. The van der Waals surface area contributed by atoms with E-state index in [4.69, 9.17) is 14.1 Å². The van der Waals surface area contributed by atoms with Crippen molar-refractivity contribution in [2.24, 2.45) is 0 Å². The van der Waals surface area contributed by atoms with Gasteiger partial charge in [0.15, 0.2) is 11.1 Å². The second-order valence-corrected chi connectivity index (χ2v) is 5.61. The van der Waals surface area contributed by atoms with E-state index in [1.165, 1.54) is 0 Å². The maximum absolute atomic E-state index is 6.09. The summed E-state index contributed by atoms with van der Waals surface area (Å²) < 4.78 is 11.5. The van der Waals surface area contributed by atoms with Crippen LogP contribution in [0.5, 0.6) is 5.75 Å². The number of rotatable bonds is 4. The molecular formula is C16H22N2O2. The van der Waals surface area contributed by atoms with E-state index < -0.39 is 0 Å². The molecule has 0 atom stereocenters. The van der Waals surface area contributed by atoms with Crippen LogP contribution in [0.25, 0.3) is 11.1 Å². The maximum atomic E-state index is 6.09. The zero-order valence-electron chi connectivity index (χ0n) is 12.2. The SMILES string of the molecule is CCCC1(c2nc3c(OC)cccc3o2)CCNCC1. The van der Waals surface area contributed by atoms with E-state index in [-0.39, 0.29) is 5.41 Å². The Balaban J connectivity index is 2.07.